The molecule has 0 aliphatic carbocycles. The van der Waals surface area contributed by atoms with Gasteiger partial charge < -0.3 is 10.6 Å². The second kappa shape index (κ2) is 8.22. The monoisotopic (exact) mass is 364 g/mol. The summed E-state index contributed by atoms with van der Waals surface area (Å²) in [7, 11) is 0. The van der Waals surface area contributed by atoms with Crippen LogP contribution in [0.5, 0.6) is 0 Å². The number of H-pyrrole nitrogens is 1. The summed E-state index contributed by atoms with van der Waals surface area (Å²) in [5.41, 5.74) is 2.03. The number of pyridine rings is 1. The first-order chi connectivity index (χ1) is 13.3. The number of nitrogens with zero attached hydrogens (tertiary/aromatic N) is 5. The zero-order valence-electron chi connectivity index (χ0n) is 15.4. The number of piperidine rings is 1. The molecule has 0 radical (unpaired) electrons. The Kier molecular flexibility index (Phi) is 5.34. The molecule has 0 spiro atoms. The van der Waals surface area contributed by atoms with E-state index in [1.165, 1.54) is 12.8 Å². The molecule has 1 saturated heterocycles. The van der Waals surface area contributed by atoms with Gasteiger partial charge >= 0.3 is 0 Å². The summed E-state index contributed by atoms with van der Waals surface area (Å²) in [4.78, 5) is 17.8. The van der Waals surface area contributed by atoms with Crippen molar-refractivity contribution in [1.82, 2.24) is 35.5 Å². The molecule has 0 aromatic carbocycles. The minimum atomic E-state index is 0.470. The van der Waals surface area contributed by atoms with Crippen molar-refractivity contribution < 1.29 is 0 Å². The lowest BCUT2D eigenvalue weighted by Gasteiger charge is -2.22. The first kappa shape index (κ1) is 17.5. The van der Waals surface area contributed by atoms with Crippen molar-refractivity contribution in [3.8, 4) is 11.4 Å². The van der Waals surface area contributed by atoms with Gasteiger partial charge in [-0.15, -0.1) is 0 Å². The van der Waals surface area contributed by atoms with Gasteiger partial charge in [0.15, 0.2) is 5.82 Å². The Morgan fingerprint density at radius 3 is 3.04 bits per heavy atom. The standard InChI is InChI=1S/C19H24N8/c1-13-23-16(14-4-2-7-20-11-14)10-18(24-13)22-9-6-17-25-19(27-26-17)15-5-3-8-21-12-15/h3,5,8,10,12,14,20H,2,4,6-7,9,11H2,1H3,(H,22,23,24)(H,25,26,27)/t14-/m0/s1. The van der Waals surface area contributed by atoms with Crippen molar-refractivity contribution in [1.29, 1.82) is 0 Å². The summed E-state index contributed by atoms with van der Waals surface area (Å²) in [6.07, 6.45) is 6.61. The van der Waals surface area contributed by atoms with E-state index in [0.717, 1.165) is 54.8 Å². The maximum Gasteiger partial charge on any atom is 0.182 e. The smallest absolute Gasteiger partial charge is 0.182 e. The highest BCUT2D eigenvalue weighted by Crippen LogP contribution is 2.23. The molecule has 3 aromatic rings. The Labute approximate surface area is 158 Å². The van der Waals surface area contributed by atoms with Crippen LogP contribution in [-0.2, 0) is 6.42 Å². The predicted octanol–water partition coefficient (Wildman–Crippen LogP) is 2.09. The van der Waals surface area contributed by atoms with Gasteiger partial charge in [0.1, 0.15) is 17.5 Å². The fourth-order valence-corrected chi connectivity index (χ4v) is 3.33. The van der Waals surface area contributed by atoms with Gasteiger partial charge in [0.2, 0.25) is 0 Å². The van der Waals surface area contributed by atoms with E-state index in [2.05, 4.69) is 46.8 Å². The molecule has 140 valence electrons. The topological polar surface area (TPSA) is 104 Å². The molecule has 8 nitrogen and oxygen atoms in total. The van der Waals surface area contributed by atoms with Crippen LogP contribution < -0.4 is 10.6 Å². The molecule has 8 heteroatoms. The number of nitrogens with one attached hydrogen (secondary N) is 3. The Morgan fingerprint density at radius 1 is 1.26 bits per heavy atom. The van der Waals surface area contributed by atoms with Gasteiger partial charge in [-0.2, -0.15) is 5.10 Å². The van der Waals surface area contributed by atoms with Gasteiger partial charge in [-0.1, -0.05) is 0 Å². The lowest BCUT2D eigenvalue weighted by molar-refractivity contribution is 0.453. The molecule has 1 aliphatic rings. The second-order valence-electron chi connectivity index (χ2n) is 6.79. The maximum atomic E-state index is 4.64. The average molecular weight is 364 g/mol. The lowest BCUT2D eigenvalue weighted by atomic mass is 9.96. The van der Waals surface area contributed by atoms with Crippen molar-refractivity contribution in [2.45, 2.75) is 32.1 Å². The molecule has 0 unspecified atom stereocenters. The third kappa shape index (κ3) is 4.46. The molecular weight excluding hydrogens is 340 g/mol. The van der Waals surface area contributed by atoms with Crippen LogP contribution in [-0.4, -0.2) is 49.8 Å². The Bertz CT molecular complexity index is 870. The van der Waals surface area contributed by atoms with Crippen LogP contribution in [0.4, 0.5) is 5.82 Å². The quantitative estimate of drug-likeness (QED) is 0.615. The van der Waals surface area contributed by atoms with E-state index in [1.54, 1.807) is 12.4 Å². The number of hydrogen-bond donors (Lipinski definition) is 3. The summed E-state index contributed by atoms with van der Waals surface area (Å²) in [5, 5.41) is 14.1. The molecule has 4 heterocycles. The van der Waals surface area contributed by atoms with E-state index in [-0.39, 0.29) is 0 Å². The molecular formula is C19H24N8. The van der Waals surface area contributed by atoms with Gasteiger partial charge in [-0.25, -0.2) is 15.0 Å². The number of aromatic amines is 1. The highest BCUT2D eigenvalue weighted by atomic mass is 15.2. The van der Waals surface area contributed by atoms with E-state index in [4.69, 9.17) is 0 Å². The summed E-state index contributed by atoms with van der Waals surface area (Å²) < 4.78 is 0. The molecule has 3 aromatic heterocycles. The van der Waals surface area contributed by atoms with Crippen molar-refractivity contribution in [3.63, 3.8) is 0 Å². The molecule has 1 aliphatic heterocycles. The normalized spacial score (nSPS) is 17.0. The Morgan fingerprint density at radius 2 is 2.22 bits per heavy atom. The van der Waals surface area contributed by atoms with Crippen molar-refractivity contribution in [2.75, 3.05) is 25.0 Å². The highest BCUT2D eigenvalue weighted by molar-refractivity contribution is 5.52. The van der Waals surface area contributed by atoms with Crippen LogP contribution in [0.2, 0.25) is 0 Å². The van der Waals surface area contributed by atoms with Crippen molar-refractivity contribution in [3.05, 3.63) is 47.9 Å². The Balaban J connectivity index is 1.36. The molecule has 0 bridgehead atoms. The minimum absolute atomic E-state index is 0.470. The molecule has 3 N–H and O–H groups in total. The maximum absolute atomic E-state index is 4.64. The molecule has 1 fully saturated rings. The van der Waals surface area contributed by atoms with Crippen LogP contribution >= 0.6 is 0 Å². The number of rotatable bonds is 6. The van der Waals surface area contributed by atoms with Crippen LogP contribution in [0.25, 0.3) is 11.4 Å². The molecule has 4 rings (SSSR count). The Hall–Kier alpha value is -2.87. The van der Waals surface area contributed by atoms with E-state index in [0.29, 0.717) is 11.7 Å². The van der Waals surface area contributed by atoms with E-state index in [1.807, 2.05) is 19.1 Å². The number of aromatic nitrogens is 6. The van der Waals surface area contributed by atoms with Crippen molar-refractivity contribution >= 4 is 5.82 Å². The number of anilines is 1. The summed E-state index contributed by atoms with van der Waals surface area (Å²) in [5.74, 6) is 3.65. The van der Waals surface area contributed by atoms with Crippen LogP contribution in [0, 0.1) is 6.92 Å². The zero-order valence-corrected chi connectivity index (χ0v) is 15.4. The third-order valence-corrected chi connectivity index (χ3v) is 4.69. The van der Waals surface area contributed by atoms with Gasteiger partial charge in [0.05, 0.1) is 5.69 Å². The first-order valence-corrected chi connectivity index (χ1v) is 9.40. The summed E-state index contributed by atoms with van der Waals surface area (Å²) in [6.45, 7) is 4.76. The van der Waals surface area contributed by atoms with Gasteiger partial charge in [-0.05, 0) is 38.4 Å². The van der Waals surface area contributed by atoms with Gasteiger partial charge in [0, 0.05) is 49.5 Å². The molecule has 1 atom stereocenters. The zero-order chi connectivity index (χ0) is 18.5. The fourth-order valence-electron chi connectivity index (χ4n) is 3.33. The molecule has 27 heavy (non-hydrogen) atoms. The second-order valence-corrected chi connectivity index (χ2v) is 6.79. The average Bonchev–Trinajstić information content (AvgIpc) is 3.18. The largest absolute Gasteiger partial charge is 0.370 e. The number of aryl methyl sites for hydroxylation is 1. The highest BCUT2D eigenvalue weighted by Gasteiger charge is 2.17. The summed E-state index contributed by atoms with van der Waals surface area (Å²) in [6, 6.07) is 5.90. The number of hydrogen-bond acceptors (Lipinski definition) is 7. The fraction of sp³-hybridized carbons (Fsp3) is 0.421. The minimum Gasteiger partial charge on any atom is -0.370 e. The first-order valence-electron chi connectivity index (χ1n) is 9.40. The van der Waals surface area contributed by atoms with E-state index < -0.39 is 0 Å². The third-order valence-electron chi connectivity index (χ3n) is 4.69. The molecule has 0 amide bonds. The predicted molar refractivity (Wildman–Crippen MR) is 103 cm³/mol. The summed E-state index contributed by atoms with van der Waals surface area (Å²) >= 11 is 0. The van der Waals surface area contributed by atoms with Crippen LogP contribution in [0.15, 0.2) is 30.6 Å². The van der Waals surface area contributed by atoms with Crippen LogP contribution in [0.1, 0.15) is 36.1 Å². The lowest BCUT2D eigenvalue weighted by Crippen LogP contribution is -2.29. The SMILES string of the molecule is Cc1nc(NCCc2nc(-c3cccnc3)n[nH]2)cc([C@H]2CCCNC2)n1. The van der Waals surface area contributed by atoms with Crippen molar-refractivity contribution in [2.24, 2.45) is 0 Å². The van der Waals surface area contributed by atoms with E-state index in [9.17, 15) is 0 Å². The van der Waals surface area contributed by atoms with Gasteiger partial charge in [-0.3, -0.25) is 10.1 Å². The van der Waals surface area contributed by atoms with E-state index >= 15 is 0 Å². The molecule has 0 saturated carbocycles. The van der Waals surface area contributed by atoms with Gasteiger partial charge in [0.25, 0.3) is 0 Å². The van der Waals surface area contributed by atoms with Crippen LogP contribution in [0.3, 0.4) is 0 Å².